The van der Waals surface area contributed by atoms with Crippen molar-refractivity contribution in [1.82, 2.24) is 4.31 Å². The zero-order chi connectivity index (χ0) is 21.2. The monoisotopic (exact) mass is 406 g/mol. The van der Waals surface area contributed by atoms with Crippen molar-refractivity contribution in [3.05, 3.63) is 68.8 Å². The van der Waals surface area contributed by atoms with Crippen LogP contribution in [0.1, 0.15) is 29.2 Å². The first-order valence-electron chi connectivity index (χ1n) is 8.51. The van der Waals surface area contributed by atoms with Crippen molar-refractivity contribution >= 4 is 21.7 Å². The van der Waals surface area contributed by atoms with Gasteiger partial charge in [0.1, 0.15) is 6.04 Å². The number of nitrogens with zero attached hydrogens (tertiary/aromatic N) is 2. The van der Waals surface area contributed by atoms with Gasteiger partial charge in [-0.15, -0.1) is 0 Å². The molecule has 0 radical (unpaired) electrons. The predicted octanol–water partition coefficient (Wildman–Crippen LogP) is 3.18. The quantitative estimate of drug-likeness (QED) is 0.557. The number of carboxylic acids is 1. The molecular weight excluding hydrogens is 384 g/mol. The van der Waals surface area contributed by atoms with Crippen molar-refractivity contribution in [2.24, 2.45) is 0 Å². The Balaban J connectivity index is 2.54. The van der Waals surface area contributed by atoms with E-state index >= 15 is 0 Å². The standard InChI is InChI=1S/C19H22N2O6S/c1-12-9-13(2)18(14(3)10-12)28(26,27)20(15(4)19(22)23)11-16-5-7-17(8-6-16)21(24)25/h5-10,15H,11H2,1-4H3,(H,22,23)/t15-/m0/s1. The Kier molecular flexibility index (Phi) is 6.20. The largest absolute Gasteiger partial charge is 0.480 e. The molecule has 2 rings (SSSR count). The molecule has 0 heterocycles. The number of nitro benzene ring substituents is 1. The maximum absolute atomic E-state index is 13.4. The number of nitro groups is 1. The van der Waals surface area contributed by atoms with E-state index in [9.17, 15) is 28.4 Å². The zero-order valence-electron chi connectivity index (χ0n) is 16.0. The number of hydrogen-bond acceptors (Lipinski definition) is 5. The van der Waals surface area contributed by atoms with Gasteiger partial charge in [-0.3, -0.25) is 14.9 Å². The van der Waals surface area contributed by atoms with E-state index in [0.717, 1.165) is 9.87 Å². The SMILES string of the molecule is Cc1cc(C)c(S(=O)(=O)N(Cc2ccc([N+](=O)[O-])cc2)[C@@H](C)C(=O)O)c(C)c1. The Labute approximate surface area is 163 Å². The van der Waals surface area contributed by atoms with Gasteiger partial charge in [-0.1, -0.05) is 29.8 Å². The van der Waals surface area contributed by atoms with Crippen molar-refractivity contribution in [1.29, 1.82) is 0 Å². The third kappa shape index (κ3) is 4.37. The summed E-state index contributed by atoms with van der Waals surface area (Å²) in [7, 11) is -4.13. The van der Waals surface area contributed by atoms with Crippen LogP contribution in [-0.4, -0.2) is 34.8 Å². The highest BCUT2D eigenvalue weighted by atomic mass is 32.2. The second-order valence-corrected chi connectivity index (χ2v) is 8.54. The number of hydrogen-bond donors (Lipinski definition) is 1. The fraction of sp³-hybridized carbons (Fsp3) is 0.316. The molecule has 0 aliphatic carbocycles. The Morgan fingerprint density at radius 1 is 1.14 bits per heavy atom. The molecular formula is C19H22N2O6S. The molecule has 28 heavy (non-hydrogen) atoms. The number of non-ortho nitro benzene ring substituents is 1. The molecule has 0 amide bonds. The van der Waals surface area contributed by atoms with Crippen LogP contribution in [0, 0.1) is 30.9 Å². The zero-order valence-corrected chi connectivity index (χ0v) is 16.9. The number of carboxylic acid groups (broad SMARTS) is 1. The highest BCUT2D eigenvalue weighted by Gasteiger charge is 2.35. The summed E-state index contributed by atoms with van der Waals surface area (Å²) in [6.07, 6.45) is 0. The molecule has 8 nitrogen and oxygen atoms in total. The second kappa shape index (κ2) is 8.07. The van der Waals surface area contributed by atoms with E-state index in [1.165, 1.54) is 31.2 Å². The van der Waals surface area contributed by atoms with E-state index in [2.05, 4.69) is 0 Å². The Hall–Kier alpha value is -2.78. The summed E-state index contributed by atoms with van der Waals surface area (Å²) in [5.41, 5.74) is 2.29. The molecule has 9 heteroatoms. The van der Waals surface area contributed by atoms with Crippen LogP contribution in [0.3, 0.4) is 0 Å². The van der Waals surface area contributed by atoms with Crippen LogP contribution < -0.4 is 0 Å². The smallest absolute Gasteiger partial charge is 0.321 e. The van der Waals surface area contributed by atoms with E-state index in [4.69, 9.17) is 0 Å². The first-order chi connectivity index (χ1) is 12.9. The summed E-state index contributed by atoms with van der Waals surface area (Å²) < 4.78 is 27.6. The minimum absolute atomic E-state index is 0.0770. The number of carbonyl (C=O) groups is 1. The number of rotatable bonds is 7. The molecule has 0 aromatic heterocycles. The van der Waals surface area contributed by atoms with Crippen molar-refractivity contribution in [3.63, 3.8) is 0 Å². The molecule has 1 N–H and O–H groups in total. The van der Waals surface area contributed by atoms with E-state index < -0.39 is 27.0 Å². The topological polar surface area (TPSA) is 118 Å². The van der Waals surface area contributed by atoms with Crippen LogP contribution in [-0.2, 0) is 21.4 Å². The third-order valence-corrected chi connectivity index (χ3v) is 6.67. The molecule has 0 aliphatic heterocycles. The average Bonchev–Trinajstić information content (AvgIpc) is 2.58. The molecule has 0 fully saturated rings. The molecule has 150 valence electrons. The highest BCUT2D eigenvalue weighted by Crippen LogP contribution is 2.28. The number of benzene rings is 2. The van der Waals surface area contributed by atoms with Gasteiger partial charge in [-0.2, -0.15) is 4.31 Å². The first-order valence-corrected chi connectivity index (χ1v) is 9.95. The molecule has 0 spiro atoms. The normalized spacial score (nSPS) is 12.8. The lowest BCUT2D eigenvalue weighted by Gasteiger charge is -2.27. The maximum Gasteiger partial charge on any atom is 0.321 e. The van der Waals surface area contributed by atoms with Gasteiger partial charge in [0.15, 0.2) is 0 Å². The van der Waals surface area contributed by atoms with Crippen LogP contribution in [0.15, 0.2) is 41.3 Å². The van der Waals surface area contributed by atoms with Gasteiger partial charge in [-0.25, -0.2) is 8.42 Å². The molecule has 1 atom stereocenters. The molecule has 0 saturated heterocycles. The summed E-state index contributed by atoms with van der Waals surface area (Å²) in [4.78, 5) is 21.9. The molecule has 0 aliphatic rings. The molecule has 0 unspecified atom stereocenters. The van der Waals surface area contributed by atoms with Gasteiger partial charge in [0.05, 0.1) is 9.82 Å². The Morgan fingerprint density at radius 2 is 1.64 bits per heavy atom. The third-order valence-electron chi connectivity index (χ3n) is 4.45. The lowest BCUT2D eigenvalue weighted by Crippen LogP contribution is -2.43. The van der Waals surface area contributed by atoms with Gasteiger partial charge < -0.3 is 5.11 Å². The van der Waals surface area contributed by atoms with Crippen molar-refractivity contribution in [2.45, 2.75) is 45.2 Å². The highest BCUT2D eigenvalue weighted by molar-refractivity contribution is 7.89. The van der Waals surface area contributed by atoms with Crippen molar-refractivity contribution in [3.8, 4) is 0 Å². The minimum Gasteiger partial charge on any atom is -0.480 e. The fourth-order valence-electron chi connectivity index (χ4n) is 3.15. The summed E-state index contributed by atoms with van der Waals surface area (Å²) in [6, 6.07) is 7.50. The van der Waals surface area contributed by atoms with Crippen LogP contribution in [0.4, 0.5) is 5.69 Å². The van der Waals surface area contributed by atoms with E-state index in [1.807, 2.05) is 6.92 Å². The summed E-state index contributed by atoms with van der Waals surface area (Å²) in [6.45, 7) is 6.26. The number of aryl methyl sites for hydroxylation is 3. The van der Waals surface area contributed by atoms with Crippen LogP contribution in [0.2, 0.25) is 0 Å². The number of sulfonamides is 1. The van der Waals surface area contributed by atoms with E-state index in [-0.39, 0.29) is 17.1 Å². The summed E-state index contributed by atoms with van der Waals surface area (Å²) >= 11 is 0. The molecule has 0 bridgehead atoms. The predicted molar refractivity (Wildman–Crippen MR) is 104 cm³/mol. The first kappa shape index (κ1) is 21.5. The van der Waals surface area contributed by atoms with E-state index in [1.54, 1.807) is 26.0 Å². The molecule has 2 aromatic carbocycles. The summed E-state index contributed by atoms with van der Waals surface area (Å²) in [5, 5.41) is 20.2. The van der Waals surface area contributed by atoms with Crippen LogP contribution in [0.25, 0.3) is 0 Å². The molecule has 2 aromatic rings. The van der Waals surface area contributed by atoms with Crippen LogP contribution in [0.5, 0.6) is 0 Å². The Morgan fingerprint density at radius 3 is 2.07 bits per heavy atom. The fourth-order valence-corrected chi connectivity index (χ4v) is 5.14. The van der Waals surface area contributed by atoms with Gasteiger partial charge in [0.2, 0.25) is 10.0 Å². The lowest BCUT2D eigenvalue weighted by atomic mass is 10.1. The van der Waals surface area contributed by atoms with Gasteiger partial charge in [0.25, 0.3) is 5.69 Å². The van der Waals surface area contributed by atoms with Gasteiger partial charge >= 0.3 is 5.97 Å². The maximum atomic E-state index is 13.4. The van der Waals surface area contributed by atoms with E-state index in [0.29, 0.717) is 16.7 Å². The Bertz CT molecular complexity index is 992. The summed E-state index contributed by atoms with van der Waals surface area (Å²) in [5.74, 6) is -1.28. The average molecular weight is 406 g/mol. The van der Waals surface area contributed by atoms with Gasteiger partial charge in [-0.05, 0) is 44.4 Å². The van der Waals surface area contributed by atoms with Gasteiger partial charge in [0, 0.05) is 18.7 Å². The lowest BCUT2D eigenvalue weighted by molar-refractivity contribution is -0.384. The van der Waals surface area contributed by atoms with Crippen molar-refractivity contribution in [2.75, 3.05) is 0 Å². The van der Waals surface area contributed by atoms with Crippen LogP contribution >= 0.6 is 0 Å². The minimum atomic E-state index is -4.13. The number of aliphatic carboxylic acids is 1. The molecule has 0 saturated carbocycles. The van der Waals surface area contributed by atoms with Crippen molar-refractivity contribution < 1.29 is 23.2 Å². The second-order valence-electron chi connectivity index (χ2n) is 6.72.